The number of nitrogens with one attached hydrogen (secondary N) is 2. The summed E-state index contributed by atoms with van der Waals surface area (Å²) in [4.78, 5) is 32.4. The fraction of sp³-hybridized carbons (Fsp3) is 0.424. The molecule has 3 aromatic heterocycles. The van der Waals surface area contributed by atoms with Gasteiger partial charge in [0.2, 0.25) is 5.95 Å². The fourth-order valence-electron chi connectivity index (χ4n) is 5.46. The molecule has 2 N–H and O–H groups in total. The second kappa shape index (κ2) is 12.9. The predicted molar refractivity (Wildman–Crippen MR) is 169 cm³/mol. The van der Waals surface area contributed by atoms with E-state index in [1.54, 1.807) is 19.1 Å². The van der Waals surface area contributed by atoms with Crippen LogP contribution in [0.2, 0.25) is 0 Å². The zero-order chi connectivity index (χ0) is 31.4. The normalized spacial score (nSPS) is 16.2. The number of carbonyl (C=O) groups is 2. The first-order valence-electron chi connectivity index (χ1n) is 15.2. The van der Waals surface area contributed by atoms with E-state index >= 15 is 0 Å². The number of anilines is 2. The molecule has 0 saturated carbocycles. The zero-order valence-corrected chi connectivity index (χ0v) is 26.3. The van der Waals surface area contributed by atoms with Crippen molar-refractivity contribution in [3.63, 3.8) is 0 Å². The van der Waals surface area contributed by atoms with Crippen molar-refractivity contribution in [3.05, 3.63) is 77.2 Å². The Morgan fingerprint density at radius 2 is 1.75 bits per heavy atom. The number of hydrogen-bond donors (Lipinski definition) is 2. The topological polar surface area (TPSA) is 123 Å². The number of fused-ring (bicyclic) bond motifs is 2. The Balaban J connectivity index is 1.33. The first-order chi connectivity index (χ1) is 21.1. The van der Waals surface area contributed by atoms with Gasteiger partial charge in [0.1, 0.15) is 11.9 Å². The first-order valence-corrected chi connectivity index (χ1v) is 15.2. The maximum atomic E-state index is 13.3. The van der Waals surface area contributed by atoms with Gasteiger partial charge in [0.05, 0.1) is 18.8 Å². The number of hydrogen-bond acceptors (Lipinski definition) is 8. The van der Waals surface area contributed by atoms with Crippen LogP contribution in [-0.4, -0.2) is 51.3 Å². The minimum atomic E-state index is -0.526. The third-order valence-corrected chi connectivity index (χ3v) is 7.76. The second-order valence-corrected chi connectivity index (χ2v) is 11.8. The molecule has 11 nitrogen and oxygen atoms in total. The van der Waals surface area contributed by atoms with Crippen LogP contribution in [-0.2, 0) is 10.2 Å². The lowest BCUT2D eigenvalue weighted by Gasteiger charge is -2.32. The van der Waals surface area contributed by atoms with E-state index in [-0.39, 0.29) is 35.9 Å². The van der Waals surface area contributed by atoms with Crippen molar-refractivity contribution in [2.75, 3.05) is 29.9 Å². The smallest absolute Gasteiger partial charge is 0.356 e. The van der Waals surface area contributed by atoms with Crippen LogP contribution in [0.1, 0.15) is 93.8 Å². The number of ether oxygens (including phenoxy) is 2. The fourth-order valence-corrected chi connectivity index (χ4v) is 5.46. The van der Waals surface area contributed by atoms with Gasteiger partial charge in [-0.1, -0.05) is 45.0 Å². The van der Waals surface area contributed by atoms with Crippen LogP contribution in [0.15, 0.2) is 54.7 Å². The van der Waals surface area contributed by atoms with Gasteiger partial charge in [-0.05, 0) is 69.0 Å². The molecule has 1 aliphatic carbocycles. The number of rotatable bonds is 9. The average Bonchev–Trinajstić information content (AvgIpc) is 3.41. The summed E-state index contributed by atoms with van der Waals surface area (Å²) in [5, 5.41) is 14.7. The highest BCUT2D eigenvalue weighted by atomic mass is 16.5. The molecule has 1 aliphatic rings. The average molecular weight is 600 g/mol. The minimum absolute atomic E-state index is 0.159. The summed E-state index contributed by atoms with van der Waals surface area (Å²) in [6, 6.07) is 14.6. The molecular weight excluding hydrogens is 558 g/mol. The molecule has 3 heterocycles. The number of amides is 2. The molecule has 232 valence electrons. The van der Waals surface area contributed by atoms with Gasteiger partial charge in [-0.15, -0.1) is 10.2 Å². The summed E-state index contributed by atoms with van der Waals surface area (Å²) in [5.74, 6) is 0.981. The molecule has 0 unspecified atom stereocenters. The Bertz CT molecular complexity index is 1640. The van der Waals surface area contributed by atoms with Gasteiger partial charge < -0.3 is 25.0 Å². The van der Waals surface area contributed by atoms with Crippen molar-refractivity contribution < 1.29 is 19.1 Å². The molecule has 1 aromatic carbocycles. The zero-order valence-electron chi connectivity index (χ0n) is 26.3. The lowest BCUT2D eigenvalue weighted by Crippen LogP contribution is -2.35. The summed E-state index contributed by atoms with van der Waals surface area (Å²) < 4.78 is 13.7. The van der Waals surface area contributed by atoms with Gasteiger partial charge in [-0.3, -0.25) is 4.40 Å². The number of esters is 1. The molecule has 0 fully saturated rings. The van der Waals surface area contributed by atoms with Crippen LogP contribution in [0.4, 0.5) is 16.4 Å². The van der Waals surface area contributed by atoms with E-state index < -0.39 is 5.97 Å². The maximum absolute atomic E-state index is 13.3. The van der Waals surface area contributed by atoms with Gasteiger partial charge in [0.15, 0.2) is 11.3 Å². The van der Waals surface area contributed by atoms with Crippen molar-refractivity contribution in [2.45, 2.75) is 71.9 Å². The van der Waals surface area contributed by atoms with E-state index in [0.717, 1.165) is 41.6 Å². The van der Waals surface area contributed by atoms with Crippen LogP contribution in [0, 0.1) is 0 Å². The summed E-state index contributed by atoms with van der Waals surface area (Å²) in [6.07, 6.45) is 3.15. The Hall–Kier alpha value is -4.67. The number of urea groups is 1. The lowest BCUT2D eigenvalue weighted by molar-refractivity contribution is 0.0519. The second-order valence-electron chi connectivity index (χ2n) is 11.8. The van der Waals surface area contributed by atoms with Crippen LogP contribution in [0.25, 0.3) is 5.65 Å². The molecule has 0 radical (unpaired) electrons. The molecule has 11 heteroatoms. The van der Waals surface area contributed by atoms with Crippen molar-refractivity contribution in [2.24, 2.45) is 0 Å². The molecule has 4 aromatic rings. The number of benzene rings is 1. The van der Waals surface area contributed by atoms with Crippen LogP contribution < -0.4 is 20.3 Å². The van der Waals surface area contributed by atoms with Crippen LogP contribution in [0.3, 0.4) is 0 Å². The largest absolute Gasteiger partial charge is 0.484 e. The molecule has 0 aliphatic heterocycles. The highest BCUT2D eigenvalue weighted by molar-refractivity contribution is 5.93. The first kappa shape index (κ1) is 30.8. The van der Waals surface area contributed by atoms with E-state index in [0.29, 0.717) is 24.2 Å². The third-order valence-electron chi connectivity index (χ3n) is 7.76. The number of aromatic nitrogens is 4. The standard InChI is InChI=1S/C33H41N7O4/c1-7-39(8-2)32-38-37-29-17-14-22(20-40(29)32)44-27-16-15-25(23-12-10-11-13-24(23)27)36-31(42)34-21-18-26(30(41)43-9-3)35-28(19-21)33(4,5)6/h10-14,17-20,25,27H,7-9,15-16H2,1-6H3,(H2,34,35,36,42)/t25-,27+/m0/s1. The van der Waals surface area contributed by atoms with Crippen LogP contribution in [0.5, 0.6) is 5.75 Å². The predicted octanol–water partition coefficient (Wildman–Crippen LogP) is 6.22. The minimum Gasteiger partial charge on any atom is -0.484 e. The number of pyridine rings is 2. The van der Waals surface area contributed by atoms with E-state index in [2.05, 4.69) is 50.6 Å². The van der Waals surface area contributed by atoms with E-state index in [9.17, 15) is 9.59 Å². The maximum Gasteiger partial charge on any atom is 0.356 e. The number of nitrogens with zero attached hydrogens (tertiary/aromatic N) is 5. The summed E-state index contributed by atoms with van der Waals surface area (Å²) in [7, 11) is 0. The summed E-state index contributed by atoms with van der Waals surface area (Å²) in [5.41, 5.74) is 3.77. The van der Waals surface area contributed by atoms with Gasteiger partial charge in [0, 0.05) is 29.9 Å². The highest BCUT2D eigenvalue weighted by Gasteiger charge is 2.30. The molecule has 5 rings (SSSR count). The van der Waals surface area contributed by atoms with Crippen molar-refractivity contribution in [3.8, 4) is 5.75 Å². The molecular formula is C33H41N7O4. The number of carbonyl (C=O) groups excluding carboxylic acids is 2. The Kier molecular flexibility index (Phi) is 9.03. The molecule has 2 amide bonds. The van der Waals surface area contributed by atoms with E-state index in [4.69, 9.17) is 9.47 Å². The lowest BCUT2D eigenvalue weighted by atomic mass is 9.85. The molecule has 0 bridgehead atoms. The monoisotopic (exact) mass is 599 g/mol. The molecule has 2 atom stereocenters. The Morgan fingerprint density at radius 3 is 2.45 bits per heavy atom. The van der Waals surface area contributed by atoms with Gasteiger partial charge in [-0.2, -0.15) is 0 Å². The van der Waals surface area contributed by atoms with Crippen LogP contribution >= 0.6 is 0 Å². The molecule has 44 heavy (non-hydrogen) atoms. The van der Waals surface area contributed by atoms with Crippen molar-refractivity contribution in [1.82, 2.24) is 24.9 Å². The Morgan fingerprint density at radius 1 is 1.00 bits per heavy atom. The highest BCUT2D eigenvalue weighted by Crippen LogP contribution is 2.39. The van der Waals surface area contributed by atoms with E-state index in [1.807, 2.05) is 61.7 Å². The summed E-state index contributed by atoms with van der Waals surface area (Å²) >= 11 is 0. The molecule has 0 spiro atoms. The molecule has 0 saturated heterocycles. The quantitative estimate of drug-likeness (QED) is 0.217. The van der Waals surface area contributed by atoms with Gasteiger partial charge >= 0.3 is 12.0 Å². The van der Waals surface area contributed by atoms with E-state index in [1.165, 1.54) is 0 Å². The van der Waals surface area contributed by atoms with Gasteiger partial charge in [0.25, 0.3) is 0 Å². The van der Waals surface area contributed by atoms with Gasteiger partial charge in [-0.25, -0.2) is 14.6 Å². The Labute approximate surface area is 258 Å². The summed E-state index contributed by atoms with van der Waals surface area (Å²) in [6.45, 7) is 13.8. The third kappa shape index (κ3) is 6.61. The van der Waals surface area contributed by atoms with Crippen molar-refractivity contribution in [1.29, 1.82) is 0 Å². The van der Waals surface area contributed by atoms with Crippen molar-refractivity contribution >= 4 is 29.3 Å². The SMILES string of the molecule is CCOC(=O)c1cc(NC(=O)N[C@H]2CC[C@@H](Oc3ccc4nnc(N(CC)CC)n4c3)c3ccccc32)cc(C(C)(C)C)n1.